The summed E-state index contributed by atoms with van der Waals surface area (Å²) in [6, 6.07) is 5.14. The molecule has 15 heavy (non-hydrogen) atoms. The van der Waals surface area contributed by atoms with Gasteiger partial charge in [-0.2, -0.15) is 0 Å². The lowest BCUT2D eigenvalue weighted by molar-refractivity contribution is 0.197. The Morgan fingerprint density at radius 1 is 1.47 bits per heavy atom. The van der Waals surface area contributed by atoms with Crippen LogP contribution in [-0.4, -0.2) is 22.9 Å². The molecule has 0 aliphatic heterocycles. The number of fused-ring (bicyclic) bond motifs is 1. The number of nitrogens with zero attached hydrogens (tertiary/aromatic N) is 1. The summed E-state index contributed by atoms with van der Waals surface area (Å²) in [5, 5.41) is 9.73. The van der Waals surface area contributed by atoms with Crippen molar-refractivity contribution in [1.29, 1.82) is 0 Å². The molecule has 0 spiro atoms. The molecule has 78 valence electrons. The Hall–Kier alpha value is -2.17. The van der Waals surface area contributed by atoms with E-state index >= 15 is 0 Å². The summed E-state index contributed by atoms with van der Waals surface area (Å²) in [5.41, 5.74) is 6.59. The molecule has 0 saturated heterocycles. The van der Waals surface area contributed by atoms with E-state index in [2.05, 4.69) is 0 Å². The summed E-state index contributed by atoms with van der Waals surface area (Å²) >= 11 is 0. The molecule has 0 fully saturated rings. The highest BCUT2D eigenvalue weighted by atomic mass is 16.5. The van der Waals surface area contributed by atoms with E-state index in [1.54, 1.807) is 18.2 Å². The minimum Gasteiger partial charge on any atom is -0.492 e. The fourth-order valence-corrected chi connectivity index (χ4v) is 1.59. The van der Waals surface area contributed by atoms with Gasteiger partial charge in [0, 0.05) is 11.6 Å². The lowest BCUT2D eigenvalue weighted by Gasteiger charge is -2.07. The number of hydrogen-bond acceptors (Lipinski definition) is 3. The highest BCUT2D eigenvalue weighted by Gasteiger charge is 2.13. The molecule has 0 atom stereocenters. The van der Waals surface area contributed by atoms with Gasteiger partial charge in [-0.1, -0.05) is 6.07 Å². The average molecular weight is 206 g/mol. The molecule has 1 heterocycles. The molecule has 1 aromatic carbocycles. The second kappa shape index (κ2) is 3.20. The van der Waals surface area contributed by atoms with Gasteiger partial charge >= 0.3 is 6.09 Å². The van der Waals surface area contributed by atoms with E-state index in [4.69, 9.17) is 15.6 Å². The summed E-state index contributed by atoms with van der Waals surface area (Å²) in [4.78, 5) is 10.9. The van der Waals surface area contributed by atoms with Crippen LogP contribution in [-0.2, 0) is 0 Å². The quantitative estimate of drug-likeness (QED) is 0.697. The number of hydrogen-bond donors (Lipinski definition) is 2. The molecule has 2 aromatic rings. The van der Waals surface area contributed by atoms with Crippen LogP contribution in [0.4, 0.5) is 10.5 Å². The number of carboxylic acid groups (broad SMARTS) is 1. The van der Waals surface area contributed by atoms with Crippen LogP contribution in [0, 0.1) is 0 Å². The van der Waals surface area contributed by atoms with Crippen LogP contribution < -0.4 is 10.5 Å². The molecule has 0 amide bonds. The Morgan fingerprint density at radius 3 is 2.80 bits per heavy atom. The van der Waals surface area contributed by atoms with E-state index in [0.29, 0.717) is 17.0 Å². The first-order valence-corrected chi connectivity index (χ1v) is 4.32. The average Bonchev–Trinajstić information content (AvgIpc) is 2.61. The molecule has 0 bridgehead atoms. The Morgan fingerprint density at radius 2 is 2.20 bits per heavy atom. The highest BCUT2D eigenvalue weighted by Crippen LogP contribution is 2.32. The van der Waals surface area contributed by atoms with Crippen molar-refractivity contribution in [2.75, 3.05) is 12.8 Å². The molecule has 0 unspecified atom stereocenters. The van der Waals surface area contributed by atoms with Gasteiger partial charge in [-0.3, -0.25) is 0 Å². The number of nitrogens with two attached hydrogens (primary N) is 1. The Bertz CT molecular complexity index is 531. The maximum absolute atomic E-state index is 10.9. The summed E-state index contributed by atoms with van der Waals surface area (Å²) in [5.74, 6) is 0.389. The fraction of sp³-hybridized carbons (Fsp3) is 0.100. The number of nitrogen functional groups attached to an aromatic ring is 1. The maximum atomic E-state index is 10.9. The molecule has 1 aromatic heterocycles. The number of carbonyl (C=O) groups is 1. The van der Waals surface area contributed by atoms with E-state index in [9.17, 15) is 4.79 Å². The molecule has 0 aliphatic rings. The van der Waals surface area contributed by atoms with Crippen molar-refractivity contribution in [2.24, 2.45) is 0 Å². The van der Waals surface area contributed by atoms with Gasteiger partial charge in [0.05, 0.1) is 12.8 Å². The van der Waals surface area contributed by atoms with Gasteiger partial charge in [0.1, 0.15) is 5.52 Å². The number of benzene rings is 1. The van der Waals surface area contributed by atoms with Gasteiger partial charge in [-0.05, 0) is 12.1 Å². The van der Waals surface area contributed by atoms with Gasteiger partial charge in [0.15, 0.2) is 5.75 Å². The van der Waals surface area contributed by atoms with Gasteiger partial charge in [0.25, 0.3) is 0 Å². The molecule has 0 saturated carbocycles. The first-order valence-electron chi connectivity index (χ1n) is 4.32. The molecular weight excluding hydrogens is 196 g/mol. The molecule has 0 radical (unpaired) electrons. The Labute approximate surface area is 85.7 Å². The van der Waals surface area contributed by atoms with Crippen LogP contribution in [0.25, 0.3) is 10.9 Å². The monoisotopic (exact) mass is 206 g/mol. The first-order chi connectivity index (χ1) is 7.15. The molecule has 0 aliphatic carbocycles. The minimum absolute atomic E-state index is 0.389. The second-order valence-corrected chi connectivity index (χ2v) is 3.09. The van der Waals surface area contributed by atoms with E-state index in [-0.39, 0.29) is 0 Å². The topological polar surface area (TPSA) is 77.5 Å². The van der Waals surface area contributed by atoms with Crippen molar-refractivity contribution >= 4 is 22.7 Å². The third-order valence-electron chi connectivity index (χ3n) is 2.25. The summed E-state index contributed by atoms with van der Waals surface area (Å²) in [6.07, 6.45) is 0.406. The number of anilines is 1. The predicted octanol–water partition coefficient (Wildman–Crippen LogP) is 1.76. The second-order valence-electron chi connectivity index (χ2n) is 3.09. The summed E-state index contributed by atoms with van der Waals surface area (Å²) in [7, 11) is 1.46. The number of ether oxygens (including phenoxy) is 1. The van der Waals surface area contributed by atoms with Crippen molar-refractivity contribution in [3.63, 3.8) is 0 Å². The lowest BCUT2D eigenvalue weighted by Crippen LogP contribution is -2.07. The van der Waals surface area contributed by atoms with Gasteiger partial charge < -0.3 is 15.6 Å². The van der Waals surface area contributed by atoms with Crippen LogP contribution >= 0.6 is 0 Å². The molecule has 3 N–H and O–H groups in total. The molecule has 5 heteroatoms. The number of aromatic nitrogens is 1. The van der Waals surface area contributed by atoms with E-state index < -0.39 is 6.09 Å². The smallest absolute Gasteiger partial charge is 0.416 e. The third-order valence-corrected chi connectivity index (χ3v) is 2.25. The van der Waals surface area contributed by atoms with Gasteiger partial charge in [0.2, 0.25) is 0 Å². The zero-order chi connectivity index (χ0) is 11.0. The zero-order valence-electron chi connectivity index (χ0n) is 8.10. The fourth-order valence-electron chi connectivity index (χ4n) is 1.59. The standard InChI is InChI=1S/C10H10N2O3/c1-15-9-7(11)3-2-6-4-5-12(8(6)9)10(13)14/h2-5H,11H2,1H3,(H,13,14). The molecular formula is C10H10N2O3. The Kier molecular flexibility index (Phi) is 2.00. The van der Waals surface area contributed by atoms with Crippen molar-refractivity contribution < 1.29 is 14.6 Å². The van der Waals surface area contributed by atoms with E-state index in [0.717, 1.165) is 9.95 Å². The van der Waals surface area contributed by atoms with Crippen LogP contribution in [0.1, 0.15) is 0 Å². The summed E-state index contributed by atoms with van der Waals surface area (Å²) < 4.78 is 6.19. The van der Waals surface area contributed by atoms with Crippen molar-refractivity contribution in [2.45, 2.75) is 0 Å². The molecule has 5 nitrogen and oxygen atoms in total. The first kappa shape index (κ1) is 9.39. The van der Waals surface area contributed by atoms with Gasteiger partial charge in [-0.25, -0.2) is 9.36 Å². The molecule has 2 rings (SSSR count). The number of methoxy groups -OCH3 is 1. The van der Waals surface area contributed by atoms with E-state index in [1.165, 1.54) is 13.3 Å². The van der Waals surface area contributed by atoms with Crippen LogP contribution in [0.3, 0.4) is 0 Å². The largest absolute Gasteiger partial charge is 0.492 e. The van der Waals surface area contributed by atoms with Crippen LogP contribution in [0.5, 0.6) is 5.75 Å². The van der Waals surface area contributed by atoms with Crippen molar-refractivity contribution in [3.05, 3.63) is 24.4 Å². The maximum Gasteiger partial charge on any atom is 0.416 e. The normalized spacial score (nSPS) is 10.5. The predicted molar refractivity (Wildman–Crippen MR) is 56.3 cm³/mol. The van der Waals surface area contributed by atoms with Crippen LogP contribution in [0.15, 0.2) is 24.4 Å². The lowest BCUT2D eigenvalue weighted by atomic mass is 10.2. The van der Waals surface area contributed by atoms with Gasteiger partial charge in [-0.15, -0.1) is 0 Å². The van der Waals surface area contributed by atoms with Crippen LogP contribution in [0.2, 0.25) is 0 Å². The van der Waals surface area contributed by atoms with Crippen molar-refractivity contribution in [1.82, 2.24) is 4.57 Å². The van der Waals surface area contributed by atoms with Crippen molar-refractivity contribution in [3.8, 4) is 5.75 Å². The third kappa shape index (κ3) is 1.28. The number of rotatable bonds is 1. The summed E-state index contributed by atoms with van der Waals surface area (Å²) in [6.45, 7) is 0. The SMILES string of the molecule is COc1c(N)ccc2ccn(C(=O)O)c12. The Balaban J connectivity index is 2.86. The van der Waals surface area contributed by atoms with E-state index in [1.807, 2.05) is 0 Å². The highest BCUT2D eigenvalue weighted by molar-refractivity contribution is 5.96. The minimum atomic E-state index is -1.06. The zero-order valence-corrected chi connectivity index (χ0v) is 8.10.